The molecular weight excluding hydrogens is 303 g/mol. The Morgan fingerprint density at radius 1 is 1.32 bits per heavy atom. The zero-order valence-corrected chi connectivity index (χ0v) is 13.1. The summed E-state index contributed by atoms with van der Waals surface area (Å²) >= 11 is 18.4. The smallest absolute Gasteiger partial charge is 0.127 e. The quantitative estimate of drug-likeness (QED) is 0.689. The summed E-state index contributed by atoms with van der Waals surface area (Å²) in [5, 5.41) is 0.961. The van der Waals surface area contributed by atoms with Gasteiger partial charge in [-0.2, -0.15) is 0 Å². The Balaban J connectivity index is 2.19. The molecule has 1 heterocycles. The molecule has 0 N–H and O–H groups in total. The average molecular weight is 318 g/mol. The summed E-state index contributed by atoms with van der Waals surface area (Å²) in [5.74, 6) is 0.892. The third-order valence-corrected chi connectivity index (χ3v) is 4.74. The fraction of sp³-hybridized carbons (Fsp3) is 0.500. The Morgan fingerprint density at radius 3 is 2.53 bits per heavy atom. The molecule has 2 aromatic rings. The Kier molecular flexibility index (Phi) is 3.24. The van der Waals surface area contributed by atoms with Crippen molar-refractivity contribution in [1.29, 1.82) is 0 Å². The zero-order valence-electron chi connectivity index (χ0n) is 10.9. The first-order valence-electron chi connectivity index (χ1n) is 6.39. The van der Waals surface area contributed by atoms with Crippen LogP contribution in [0.15, 0.2) is 12.1 Å². The van der Waals surface area contributed by atoms with Gasteiger partial charge in [0.25, 0.3) is 0 Å². The molecule has 2 nitrogen and oxygen atoms in total. The molecular formula is C14H15Cl3N2. The van der Waals surface area contributed by atoms with Crippen molar-refractivity contribution in [3.05, 3.63) is 28.0 Å². The second-order valence-electron chi connectivity index (χ2n) is 5.74. The summed E-state index contributed by atoms with van der Waals surface area (Å²) in [5.41, 5.74) is 2.26. The predicted octanol–water partition coefficient (Wildman–Crippen LogP) is 5.44. The number of halogens is 3. The molecule has 1 aromatic heterocycles. The number of alkyl halides is 1. The third-order valence-electron chi connectivity index (χ3n) is 3.82. The van der Waals surface area contributed by atoms with Gasteiger partial charge < -0.3 is 4.57 Å². The van der Waals surface area contributed by atoms with Crippen molar-refractivity contribution in [3.8, 4) is 0 Å². The highest BCUT2D eigenvalue weighted by Crippen LogP contribution is 2.47. The number of imidazole rings is 1. The van der Waals surface area contributed by atoms with Gasteiger partial charge in [-0.1, -0.05) is 30.1 Å². The average Bonchev–Trinajstić information content (AvgIpc) is 2.96. The molecule has 0 bridgehead atoms. The number of fused-ring (bicyclic) bond motifs is 1. The van der Waals surface area contributed by atoms with E-state index < -0.39 is 0 Å². The van der Waals surface area contributed by atoms with Crippen molar-refractivity contribution < 1.29 is 0 Å². The Bertz CT molecular complexity index is 642. The Morgan fingerprint density at radius 2 is 1.95 bits per heavy atom. The lowest BCUT2D eigenvalue weighted by Gasteiger charge is -2.15. The van der Waals surface area contributed by atoms with Crippen molar-refractivity contribution in [3.63, 3.8) is 0 Å². The van der Waals surface area contributed by atoms with Crippen LogP contribution in [0.3, 0.4) is 0 Å². The van der Waals surface area contributed by atoms with Crippen molar-refractivity contribution in [2.24, 2.45) is 5.41 Å². The van der Waals surface area contributed by atoms with Crippen LogP contribution in [0.5, 0.6) is 0 Å². The van der Waals surface area contributed by atoms with Crippen LogP contribution in [0.4, 0.5) is 0 Å². The van der Waals surface area contributed by atoms with E-state index in [1.54, 1.807) is 0 Å². The number of benzene rings is 1. The molecule has 0 aliphatic heterocycles. The molecule has 1 atom stereocenters. The predicted molar refractivity (Wildman–Crippen MR) is 81.4 cm³/mol. The maximum Gasteiger partial charge on any atom is 0.127 e. The number of hydrogen-bond donors (Lipinski definition) is 0. The molecule has 1 aliphatic carbocycles. The molecule has 3 rings (SSSR count). The van der Waals surface area contributed by atoms with E-state index in [-0.39, 0.29) is 5.38 Å². The SMILES string of the molecule is CC(Cl)c1nc2cc(Cl)c(Cl)cc2n1CC1(C)CC1. The van der Waals surface area contributed by atoms with Crippen molar-refractivity contribution in [2.45, 2.75) is 38.6 Å². The van der Waals surface area contributed by atoms with Crippen LogP contribution in [0.1, 0.15) is 37.9 Å². The van der Waals surface area contributed by atoms with Crippen LogP contribution in [0.25, 0.3) is 11.0 Å². The van der Waals surface area contributed by atoms with Gasteiger partial charge in [0, 0.05) is 6.54 Å². The van der Waals surface area contributed by atoms with Crippen LogP contribution < -0.4 is 0 Å². The van der Waals surface area contributed by atoms with Gasteiger partial charge in [0.2, 0.25) is 0 Å². The van der Waals surface area contributed by atoms with Crippen molar-refractivity contribution in [2.75, 3.05) is 0 Å². The van der Waals surface area contributed by atoms with E-state index in [1.165, 1.54) is 12.8 Å². The maximum atomic E-state index is 6.26. The van der Waals surface area contributed by atoms with Gasteiger partial charge in [-0.15, -0.1) is 11.6 Å². The van der Waals surface area contributed by atoms with Gasteiger partial charge in [-0.05, 0) is 37.3 Å². The molecule has 1 unspecified atom stereocenters. The Hall–Kier alpha value is -0.440. The standard InChI is InChI=1S/C14H15Cl3N2/c1-8(15)13-18-11-5-9(16)10(17)6-12(11)19(13)7-14(2)3-4-14/h5-6,8H,3-4,7H2,1-2H3. The number of hydrogen-bond acceptors (Lipinski definition) is 1. The molecule has 0 radical (unpaired) electrons. The summed E-state index contributed by atoms with van der Waals surface area (Å²) in [4.78, 5) is 4.61. The second-order valence-corrected chi connectivity index (χ2v) is 7.21. The van der Waals surface area contributed by atoms with Crippen LogP contribution in [0, 0.1) is 5.41 Å². The van der Waals surface area contributed by atoms with Crippen molar-refractivity contribution in [1.82, 2.24) is 9.55 Å². The van der Waals surface area contributed by atoms with Gasteiger partial charge in [0.15, 0.2) is 0 Å². The van der Waals surface area contributed by atoms with Gasteiger partial charge in [-0.3, -0.25) is 0 Å². The summed E-state index contributed by atoms with van der Waals surface area (Å²) in [6.07, 6.45) is 2.51. The normalized spacial score (nSPS) is 18.8. The van der Waals surface area contributed by atoms with Crippen LogP contribution in [0.2, 0.25) is 10.0 Å². The first-order valence-corrected chi connectivity index (χ1v) is 7.58. The van der Waals surface area contributed by atoms with Gasteiger partial charge in [0.05, 0.1) is 26.5 Å². The van der Waals surface area contributed by atoms with Crippen LogP contribution in [-0.4, -0.2) is 9.55 Å². The second kappa shape index (κ2) is 4.54. The topological polar surface area (TPSA) is 17.8 Å². The first kappa shape index (κ1) is 13.5. The number of aromatic nitrogens is 2. The molecule has 1 aromatic carbocycles. The highest BCUT2D eigenvalue weighted by molar-refractivity contribution is 6.42. The van der Waals surface area contributed by atoms with E-state index in [0.29, 0.717) is 15.5 Å². The van der Waals surface area contributed by atoms with E-state index >= 15 is 0 Å². The Labute approximate surface area is 127 Å². The van der Waals surface area contributed by atoms with Crippen LogP contribution in [-0.2, 0) is 6.54 Å². The first-order chi connectivity index (χ1) is 8.89. The fourth-order valence-electron chi connectivity index (χ4n) is 2.36. The third kappa shape index (κ3) is 2.46. The molecule has 5 heteroatoms. The molecule has 1 saturated carbocycles. The lowest BCUT2D eigenvalue weighted by Crippen LogP contribution is -2.11. The highest BCUT2D eigenvalue weighted by Gasteiger charge is 2.38. The van der Waals surface area contributed by atoms with E-state index in [2.05, 4.69) is 16.5 Å². The number of nitrogens with zero attached hydrogens (tertiary/aromatic N) is 2. The molecule has 0 amide bonds. The largest absolute Gasteiger partial charge is 0.326 e. The summed E-state index contributed by atoms with van der Waals surface area (Å²) < 4.78 is 2.20. The van der Waals surface area contributed by atoms with Crippen molar-refractivity contribution >= 4 is 45.8 Å². The minimum absolute atomic E-state index is 0.132. The lowest BCUT2D eigenvalue weighted by atomic mass is 10.1. The van der Waals surface area contributed by atoms with Crippen LogP contribution >= 0.6 is 34.8 Å². The number of rotatable bonds is 3. The van der Waals surface area contributed by atoms with E-state index in [0.717, 1.165) is 23.4 Å². The van der Waals surface area contributed by atoms with E-state index in [1.807, 2.05) is 19.1 Å². The molecule has 1 fully saturated rings. The van der Waals surface area contributed by atoms with Gasteiger partial charge in [-0.25, -0.2) is 4.98 Å². The summed E-state index contributed by atoms with van der Waals surface area (Å²) in [7, 11) is 0. The monoisotopic (exact) mass is 316 g/mol. The lowest BCUT2D eigenvalue weighted by molar-refractivity contribution is 0.461. The minimum Gasteiger partial charge on any atom is -0.326 e. The minimum atomic E-state index is -0.132. The molecule has 19 heavy (non-hydrogen) atoms. The van der Waals surface area contributed by atoms with Gasteiger partial charge in [0.1, 0.15) is 5.82 Å². The fourth-order valence-corrected chi connectivity index (χ4v) is 2.84. The zero-order chi connectivity index (χ0) is 13.8. The maximum absolute atomic E-state index is 6.26. The summed E-state index contributed by atoms with van der Waals surface area (Å²) in [6, 6.07) is 3.70. The van der Waals surface area contributed by atoms with E-state index in [9.17, 15) is 0 Å². The molecule has 0 saturated heterocycles. The highest BCUT2D eigenvalue weighted by atomic mass is 35.5. The van der Waals surface area contributed by atoms with E-state index in [4.69, 9.17) is 34.8 Å². The molecule has 1 aliphatic rings. The summed E-state index contributed by atoms with van der Waals surface area (Å²) in [6.45, 7) is 5.17. The van der Waals surface area contributed by atoms with Gasteiger partial charge >= 0.3 is 0 Å². The molecule has 102 valence electrons. The molecule has 0 spiro atoms.